The van der Waals surface area contributed by atoms with Crippen LogP contribution < -0.4 is 5.73 Å². The Morgan fingerprint density at radius 3 is 2.61 bits per heavy atom. The third kappa shape index (κ3) is 2.77. The number of hydrogen-bond donors (Lipinski definition) is 2. The first-order valence-electron chi connectivity index (χ1n) is 5.53. The zero-order valence-electron chi connectivity index (χ0n) is 9.71. The van der Waals surface area contributed by atoms with Gasteiger partial charge in [0.15, 0.2) is 5.78 Å². The van der Waals surface area contributed by atoms with Crippen molar-refractivity contribution >= 4 is 17.5 Å². The van der Waals surface area contributed by atoms with Crippen LogP contribution in [0, 0.1) is 0 Å². The molecule has 0 aliphatic rings. The van der Waals surface area contributed by atoms with Crippen molar-refractivity contribution in [3.63, 3.8) is 0 Å². The molecular formula is C15H13NO2. The third-order valence-corrected chi connectivity index (χ3v) is 2.51. The van der Waals surface area contributed by atoms with Gasteiger partial charge in [-0.15, -0.1) is 0 Å². The van der Waals surface area contributed by atoms with E-state index in [9.17, 15) is 9.90 Å². The van der Waals surface area contributed by atoms with E-state index < -0.39 is 0 Å². The smallest absolute Gasteiger partial charge is 0.189 e. The van der Waals surface area contributed by atoms with E-state index in [-0.39, 0.29) is 17.1 Å². The number of nitrogen functional groups attached to an aromatic ring is 1. The maximum atomic E-state index is 11.8. The summed E-state index contributed by atoms with van der Waals surface area (Å²) < 4.78 is 0. The molecule has 0 unspecified atom stereocenters. The lowest BCUT2D eigenvalue weighted by Gasteiger charge is -1.99. The summed E-state index contributed by atoms with van der Waals surface area (Å²) in [5.74, 6) is -0.254. The van der Waals surface area contributed by atoms with E-state index in [1.54, 1.807) is 36.4 Å². The van der Waals surface area contributed by atoms with Crippen LogP contribution >= 0.6 is 0 Å². The second-order valence-electron chi connectivity index (χ2n) is 3.88. The van der Waals surface area contributed by atoms with E-state index in [0.717, 1.165) is 5.56 Å². The summed E-state index contributed by atoms with van der Waals surface area (Å²) in [6.45, 7) is 0. The summed E-state index contributed by atoms with van der Waals surface area (Å²) >= 11 is 0. The van der Waals surface area contributed by atoms with Crippen molar-refractivity contribution in [1.29, 1.82) is 0 Å². The summed E-state index contributed by atoms with van der Waals surface area (Å²) in [7, 11) is 0. The van der Waals surface area contributed by atoms with Gasteiger partial charge in [0.2, 0.25) is 0 Å². The SMILES string of the molecule is Nc1cccc(/C=C/C(=O)c2ccccc2O)c1. The molecule has 0 fully saturated rings. The lowest BCUT2D eigenvalue weighted by molar-refractivity contribution is 0.104. The fourth-order valence-electron chi connectivity index (χ4n) is 1.61. The van der Waals surface area contributed by atoms with Crippen molar-refractivity contribution < 1.29 is 9.90 Å². The quantitative estimate of drug-likeness (QED) is 0.492. The molecule has 0 bridgehead atoms. The number of allylic oxidation sites excluding steroid dienone is 1. The first-order valence-corrected chi connectivity index (χ1v) is 5.53. The Kier molecular flexibility index (Phi) is 3.44. The maximum absolute atomic E-state index is 11.8. The van der Waals surface area contributed by atoms with Gasteiger partial charge in [0, 0.05) is 5.69 Å². The summed E-state index contributed by atoms with van der Waals surface area (Å²) in [6.07, 6.45) is 3.09. The highest BCUT2D eigenvalue weighted by atomic mass is 16.3. The predicted octanol–water partition coefficient (Wildman–Crippen LogP) is 2.87. The van der Waals surface area contributed by atoms with Crippen LogP contribution in [-0.4, -0.2) is 10.9 Å². The first kappa shape index (κ1) is 11.9. The second kappa shape index (κ2) is 5.19. The van der Waals surface area contributed by atoms with Gasteiger partial charge in [0.1, 0.15) is 5.75 Å². The topological polar surface area (TPSA) is 63.3 Å². The Morgan fingerprint density at radius 1 is 1.11 bits per heavy atom. The molecule has 0 aromatic heterocycles. The van der Waals surface area contributed by atoms with Crippen LogP contribution in [0.5, 0.6) is 5.75 Å². The molecule has 0 saturated heterocycles. The molecule has 2 rings (SSSR count). The molecular weight excluding hydrogens is 226 g/mol. The average Bonchev–Trinajstić information content (AvgIpc) is 2.37. The number of phenols is 1. The zero-order valence-corrected chi connectivity index (χ0v) is 9.71. The second-order valence-corrected chi connectivity index (χ2v) is 3.88. The molecule has 0 amide bonds. The Labute approximate surface area is 105 Å². The number of ketones is 1. The van der Waals surface area contributed by atoms with Crippen LogP contribution in [0.1, 0.15) is 15.9 Å². The predicted molar refractivity (Wildman–Crippen MR) is 72.3 cm³/mol. The number of phenolic OH excluding ortho intramolecular Hbond substituents is 1. The third-order valence-electron chi connectivity index (χ3n) is 2.51. The highest BCUT2D eigenvalue weighted by molar-refractivity contribution is 6.08. The number of nitrogens with two attached hydrogens (primary N) is 1. The van der Waals surface area contributed by atoms with Gasteiger partial charge in [-0.1, -0.05) is 30.3 Å². The lowest BCUT2D eigenvalue weighted by atomic mass is 10.1. The van der Waals surface area contributed by atoms with E-state index in [2.05, 4.69) is 0 Å². The van der Waals surface area contributed by atoms with Crippen LogP contribution in [0.2, 0.25) is 0 Å². The minimum absolute atomic E-state index is 0.0141. The molecule has 0 heterocycles. The maximum Gasteiger partial charge on any atom is 0.189 e. The van der Waals surface area contributed by atoms with Crippen molar-refractivity contribution in [2.24, 2.45) is 0 Å². The molecule has 0 radical (unpaired) electrons. The number of rotatable bonds is 3. The van der Waals surface area contributed by atoms with Crippen molar-refractivity contribution in [3.05, 3.63) is 65.7 Å². The molecule has 0 atom stereocenters. The first-order chi connectivity index (χ1) is 8.66. The molecule has 3 heteroatoms. The minimum atomic E-state index is -0.240. The van der Waals surface area contributed by atoms with Crippen molar-refractivity contribution in [2.75, 3.05) is 5.73 Å². The zero-order chi connectivity index (χ0) is 13.0. The Balaban J connectivity index is 2.20. The average molecular weight is 239 g/mol. The summed E-state index contributed by atoms with van der Waals surface area (Å²) in [6, 6.07) is 13.7. The molecule has 0 aliphatic heterocycles. The molecule has 0 saturated carbocycles. The highest BCUT2D eigenvalue weighted by Gasteiger charge is 2.06. The van der Waals surface area contributed by atoms with Crippen LogP contribution in [-0.2, 0) is 0 Å². The summed E-state index contributed by atoms with van der Waals surface area (Å²) in [5.41, 5.74) is 7.42. The fourth-order valence-corrected chi connectivity index (χ4v) is 1.61. The van der Waals surface area contributed by atoms with Gasteiger partial charge < -0.3 is 10.8 Å². The van der Waals surface area contributed by atoms with Crippen molar-refractivity contribution in [2.45, 2.75) is 0 Å². The number of carbonyl (C=O) groups excluding carboxylic acids is 1. The van der Waals surface area contributed by atoms with E-state index in [1.807, 2.05) is 12.1 Å². The van der Waals surface area contributed by atoms with Crippen LogP contribution in [0.3, 0.4) is 0 Å². The molecule has 2 aromatic carbocycles. The number of benzene rings is 2. The van der Waals surface area contributed by atoms with Gasteiger partial charge in [-0.25, -0.2) is 0 Å². The molecule has 18 heavy (non-hydrogen) atoms. The normalized spacial score (nSPS) is 10.7. The van der Waals surface area contributed by atoms with Crippen LogP contribution in [0.4, 0.5) is 5.69 Å². The molecule has 2 aromatic rings. The summed E-state index contributed by atoms with van der Waals surface area (Å²) in [5, 5.41) is 9.55. The Bertz CT molecular complexity index is 603. The minimum Gasteiger partial charge on any atom is -0.507 e. The van der Waals surface area contributed by atoms with Gasteiger partial charge in [-0.3, -0.25) is 4.79 Å². The van der Waals surface area contributed by atoms with E-state index >= 15 is 0 Å². The monoisotopic (exact) mass is 239 g/mol. The number of aromatic hydroxyl groups is 1. The van der Waals surface area contributed by atoms with Gasteiger partial charge in [0.05, 0.1) is 5.56 Å². The van der Waals surface area contributed by atoms with Crippen LogP contribution in [0.15, 0.2) is 54.6 Å². The Hall–Kier alpha value is -2.55. The molecule has 90 valence electrons. The molecule has 0 spiro atoms. The van der Waals surface area contributed by atoms with Crippen LogP contribution in [0.25, 0.3) is 6.08 Å². The molecule has 0 aliphatic carbocycles. The van der Waals surface area contributed by atoms with Gasteiger partial charge >= 0.3 is 0 Å². The standard InChI is InChI=1S/C15H13NO2/c16-12-5-3-4-11(10-12)8-9-15(18)13-6-1-2-7-14(13)17/h1-10,17H,16H2/b9-8+. The van der Waals surface area contributed by atoms with Crippen molar-refractivity contribution in [1.82, 2.24) is 0 Å². The fraction of sp³-hybridized carbons (Fsp3) is 0. The Morgan fingerprint density at radius 2 is 1.89 bits per heavy atom. The van der Waals surface area contributed by atoms with E-state index in [1.165, 1.54) is 12.1 Å². The molecule has 3 N–H and O–H groups in total. The number of hydrogen-bond acceptors (Lipinski definition) is 3. The lowest BCUT2D eigenvalue weighted by Crippen LogP contribution is -1.94. The van der Waals surface area contributed by atoms with Crippen molar-refractivity contribution in [3.8, 4) is 5.75 Å². The number of carbonyl (C=O) groups is 1. The highest BCUT2D eigenvalue weighted by Crippen LogP contribution is 2.17. The van der Waals surface area contributed by atoms with E-state index in [0.29, 0.717) is 5.69 Å². The number of anilines is 1. The largest absolute Gasteiger partial charge is 0.507 e. The number of para-hydroxylation sites is 1. The van der Waals surface area contributed by atoms with E-state index in [4.69, 9.17) is 5.73 Å². The van der Waals surface area contributed by atoms with Gasteiger partial charge in [-0.2, -0.15) is 0 Å². The molecule has 3 nitrogen and oxygen atoms in total. The van der Waals surface area contributed by atoms with Gasteiger partial charge in [0.25, 0.3) is 0 Å². The summed E-state index contributed by atoms with van der Waals surface area (Å²) in [4.78, 5) is 11.8. The van der Waals surface area contributed by atoms with Gasteiger partial charge in [-0.05, 0) is 35.9 Å².